The minimum absolute atomic E-state index is 0.759. The molecule has 1 N–H and O–H groups in total. The Kier molecular flexibility index (Phi) is 3.31. The van der Waals surface area contributed by atoms with Gasteiger partial charge in [0.1, 0.15) is 0 Å². The van der Waals surface area contributed by atoms with E-state index in [1.807, 2.05) is 0 Å². The Morgan fingerprint density at radius 2 is 1.90 bits per heavy atom. The van der Waals surface area contributed by atoms with Crippen molar-refractivity contribution in [1.29, 1.82) is 0 Å². The number of fused-ring (bicyclic) bond motifs is 3. The van der Waals surface area contributed by atoms with E-state index in [-0.39, 0.29) is 0 Å². The third kappa shape index (κ3) is 2.10. The van der Waals surface area contributed by atoms with Gasteiger partial charge in [0.2, 0.25) is 0 Å². The lowest BCUT2D eigenvalue weighted by Gasteiger charge is -2.51. The van der Waals surface area contributed by atoms with Crippen LogP contribution in [0.25, 0.3) is 0 Å². The van der Waals surface area contributed by atoms with Crippen LogP contribution in [0, 0.1) is 0 Å². The molecule has 108 valence electrons. The Balaban J connectivity index is 1.47. The van der Waals surface area contributed by atoms with Gasteiger partial charge in [0, 0.05) is 30.6 Å². The maximum atomic E-state index is 3.52. The van der Waals surface area contributed by atoms with Crippen molar-refractivity contribution in [3.05, 3.63) is 35.4 Å². The zero-order valence-electron chi connectivity index (χ0n) is 12.5. The Bertz CT molecular complexity index is 470. The van der Waals surface area contributed by atoms with Crippen molar-refractivity contribution in [1.82, 2.24) is 10.2 Å². The van der Waals surface area contributed by atoms with Crippen LogP contribution >= 0.6 is 0 Å². The number of nitrogens with one attached hydrogen (secondary N) is 1. The fourth-order valence-electron chi connectivity index (χ4n) is 4.79. The van der Waals surface area contributed by atoms with Crippen molar-refractivity contribution >= 4 is 0 Å². The molecule has 2 aliphatic heterocycles. The molecule has 3 aliphatic rings. The van der Waals surface area contributed by atoms with Crippen molar-refractivity contribution in [3.8, 4) is 0 Å². The van der Waals surface area contributed by atoms with Crippen LogP contribution in [0.15, 0.2) is 24.3 Å². The van der Waals surface area contributed by atoms with Crippen LogP contribution in [0.1, 0.15) is 49.1 Å². The van der Waals surface area contributed by atoms with Gasteiger partial charge < -0.3 is 5.32 Å². The van der Waals surface area contributed by atoms with E-state index in [2.05, 4.69) is 41.5 Å². The molecule has 1 aromatic rings. The molecule has 1 aromatic carbocycles. The standard InChI is InChI=1S/C18H26N2/c1-19-15-10-16-6-4-7-17(11-15)20(16)12-14-9-13-5-2-3-8-18(13)14/h2-3,5,8,14-17,19H,4,6-7,9-12H2,1H3. The molecule has 2 nitrogen and oxygen atoms in total. The monoisotopic (exact) mass is 270 g/mol. The molecule has 20 heavy (non-hydrogen) atoms. The summed E-state index contributed by atoms with van der Waals surface area (Å²) in [5, 5.41) is 3.52. The van der Waals surface area contributed by atoms with E-state index >= 15 is 0 Å². The van der Waals surface area contributed by atoms with E-state index in [4.69, 9.17) is 0 Å². The van der Waals surface area contributed by atoms with Crippen molar-refractivity contribution in [3.63, 3.8) is 0 Å². The fraction of sp³-hybridized carbons (Fsp3) is 0.667. The van der Waals surface area contributed by atoms with E-state index in [0.29, 0.717) is 0 Å². The molecule has 0 amide bonds. The number of rotatable bonds is 3. The second-order valence-corrected chi connectivity index (χ2v) is 6.99. The molecule has 1 aliphatic carbocycles. The summed E-state index contributed by atoms with van der Waals surface area (Å²) in [5.74, 6) is 0.806. The number of hydrogen-bond acceptors (Lipinski definition) is 2. The summed E-state index contributed by atoms with van der Waals surface area (Å²) < 4.78 is 0. The maximum Gasteiger partial charge on any atom is 0.0113 e. The normalized spacial score (nSPS) is 36.2. The Morgan fingerprint density at radius 3 is 2.60 bits per heavy atom. The molecular weight excluding hydrogens is 244 g/mol. The minimum atomic E-state index is 0.759. The summed E-state index contributed by atoms with van der Waals surface area (Å²) in [5.41, 5.74) is 3.22. The number of benzene rings is 1. The first-order chi connectivity index (χ1) is 9.85. The van der Waals surface area contributed by atoms with Gasteiger partial charge in [0.05, 0.1) is 0 Å². The molecule has 3 atom stereocenters. The lowest BCUT2D eigenvalue weighted by molar-refractivity contribution is 0.0191. The lowest BCUT2D eigenvalue weighted by atomic mass is 9.75. The van der Waals surface area contributed by atoms with E-state index in [0.717, 1.165) is 24.0 Å². The van der Waals surface area contributed by atoms with Crippen LogP contribution in [-0.4, -0.2) is 36.6 Å². The molecule has 4 rings (SSSR count). The number of hydrogen-bond donors (Lipinski definition) is 1. The van der Waals surface area contributed by atoms with Crippen LogP contribution in [0.4, 0.5) is 0 Å². The van der Waals surface area contributed by atoms with Crippen molar-refractivity contribution in [2.45, 2.75) is 62.6 Å². The predicted molar refractivity (Wildman–Crippen MR) is 83.1 cm³/mol. The lowest BCUT2D eigenvalue weighted by Crippen LogP contribution is -2.57. The molecular formula is C18H26N2. The second-order valence-electron chi connectivity index (χ2n) is 6.99. The van der Waals surface area contributed by atoms with Crippen LogP contribution in [0.5, 0.6) is 0 Å². The fourth-order valence-corrected chi connectivity index (χ4v) is 4.79. The zero-order valence-corrected chi connectivity index (χ0v) is 12.5. The average Bonchev–Trinajstić information content (AvgIpc) is 2.44. The molecule has 2 bridgehead atoms. The largest absolute Gasteiger partial charge is 0.317 e. The Labute approximate surface area is 122 Å². The summed E-state index contributed by atoms with van der Waals surface area (Å²) in [7, 11) is 2.14. The maximum absolute atomic E-state index is 3.52. The highest BCUT2D eigenvalue weighted by molar-refractivity contribution is 5.40. The summed E-state index contributed by atoms with van der Waals surface area (Å²) in [6, 6.07) is 11.5. The SMILES string of the molecule is CNC1CC2CCCC(C1)N2CC1Cc2ccccc21. The predicted octanol–water partition coefficient (Wildman–Crippen LogP) is 2.93. The summed E-state index contributed by atoms with van der Waals surface area (Å²) >= 11 is 0. The first-order valence-electron chi connectivity index (χ1n) is 8.36. The highest BCUT2D eigenvalue weighted by Crippen LogP contribution is 2.40. The third-order valence-corrected chi connectivity index (χ3v) is 5.93. The molecule has 2 saturated heterocycles. The van der Waals surface area contributed by atoms with Gasteiger partial charge in [-0.15, -0.1) is 0 Å². The van der Waals surface area contributed by atoms with Gasteiger partial charge in [0.15, 0.2) is 0 Å². The van der Waals surface area contributed by atoms with E-state index in [9.17, 15) is 0 Å². The molecule has 0 aromatic heterocycles. The average molecular weight is 270 g/mol. The van der Waals surface area contributed by atoms with E-state index in [1.165, 1.54) is 45.1 Å². The quantitative estimate of drug-likeness (QED) is 0.908. The third-order valence-electron chi connectivity index (χ3n) is 5.93. The van der Waals surface area contributed by atoms with Gasteiger partial charge in [-0.25, -0.2) is 0 Å². The number of nitrogens with zero attached hydrogens (tertiary/aromatic N) is 1. The van der Waals surface area contributed by atoms with Gasteiger partial charge in [-0.05, 0) is 50.3 Å². The van der Waals surface area contributed by atoms with E-state index in [1.54, 1.807) is 11.1 Å². The first-order valence-corrected chi connectivity index (χ1v) is 8.36. The smallest absolute Gasteiger partial charge is 0.0113 e. The molecule has 0 spiro atoms. The summed E-state index contributed by atoms with van der Waals surface area (Å²) in [6.45, 7) is 1.31. The second kappa shape index (κ2) is 5.16. The van der Waals surface area contributed by atoms with Crippen molar-refractivity contribution < 1.29 is 0 Å². The van der Waals surface area contributed by atoms with Gasteiger partial charge in [0.25, 0.3) is 0 Å². The topological polar surface area (TPSA) is 15.3 Å². The molecule has 0 radical (unpaired) electrons. The van der Waals surface area contributed by atoms with Gasteiger partial charge in [-0.3, -0.25) is 4.90 Å². The minimum Gasteiger partial charge on any atom is -0.317 e. The molecule has 2 heteroatoms. The zero-order chi connectivity index (χ0) is 13.5. The van der Waals surface area contributed by atoms with Crippen LogP contribution in [0.3, 0.4) is 0 Å². The first kappa shape index (κ1) is 12.8. The Morgan fingerprint density at radius 1 is 1.15 bits per heavy atom. The van der Waals surface area contributed by atoms with Gasteiger partial charge in [-0.1, -0.05) is 30.7 Å². The van der Waals surface area contributed by atoms with Gasteiger partial charge in [-0.2, -0.15) is 0 Å². The van der Waals surface area contributed by atoms with Crippen LogP contribution < -0.4 is 5.32 Å². The van der Waals surface area contributed by atoms with Crippen molar-refractivity contribution in [2.75, 3.05) is 13.6 Å². The Hall–Kier alpha value is -0.860. The van der Waals surface area contributed by atoms with Gasteiger partial charge >= 0.3 is 0 Å². The molecule has 2 heterocycles. The number of piperidine rings is 2. The summed E-state index contributed by atoms with van der Waals surface area (Å²) in [4.78, 5) is 2.87. The van der Waals surface area contributed by atoms with Crippen molar-refractivity contribution in [2.24, 2.45) is 0 Å². The highest BCUT2D eigenvalue weighted by Gasteiger charge is 2.40. The molecule has 2 fully saturated rings. The van der Waals surface area contributed by atoms with E-state index < -0.39 is 0 Å². The highest BCUT2D eigenvalue weighted by atomic mass is 15.2. The van der Waals surface area contributed by atoms with Crippen LogP contribution in [0.2, 0.25) is 0 Å². The molecule has 3 unspecified atom stereocenters. The summed E-state index contributed by atoms with van der Waals surface area (Å²) in [6.07, 6.45) is 8.32. The van der Waals surface area contributed by atoms with Crippen LogP contribution in [-0.2, 0) is 6.42 Å². The molecule has 0 saturated carbocycles.